The fourth-order valence-electron chi connectivity index (χ4n) is 2.94. The number of carbonyl (C=O) groups is 1. The van der Waals surface area contributed by atoms with E-state index >= 15 is 0 Å². The van der Waals surface area contributed by atoms with E-state index in [-0.39, 0.29) is 5.91 Å². The lowest BCUT2D eigenvalue weighted by molar-refractivity contribution is 0.0955. The second-order valence-electron chi connectivity index (χ2n) is 6.20. The Kier molecular flexibility index (Phi) is 4.62. The molecule has 2 heterocycles. The van der Waals surface area contributed by atoms with Crippen molar-refractivity contribution in [3.8, 4) is 0 Å². The average molecular weight is 317 g/mol. The SMILES string of the molecule is CCCn1cc(CNC(=O)c2cc3c(s2)CC[C@H](C)C3)cn1. The molecule has 3 rings (SSSR count). The Morgan fingerprint density at radius 3 is 3.23 bits per heavy atom. The average Bonchev–Trinajstić information content (AvgIpc) is 3.11. The van der Waals surface area contributed by atoms with Gasteiger partial charge in [0.1, 0.15) is 0 Å². The highest BCUT2D eigenvalue weighted by atomic mass is 32.1. The lowest BCUT2D eigenvalue weighted by atomic mass is 9.90. The van der Waals surface area contributed by atoms with E-state index in [1.807, 2.05) is 17.1 Å². The van der Waals surface area contributed by atoms with Gasteiger partial charge < -0.3 is 5.32 Å². The number of hydrogen-bond acceptors (Lipinski definition) is 3. The summed E-state index contributed by atoms with van der Waals surface area (Å²) in [4.78, 5) is 14.6. The summed E-state index contributed by atoms with van der Waals surface area (Å²) in [5.74, 6) is 0.776. The number of aromatic nitrogens is 2. The third kappa shape index (κ3) is 3.40. The molecule has 0 spiro atoms. The smallest absolute Gasteiger partial charge is 0.261 e. The third-order valence-corrected chi connectivity index (χ3v) is 5.38. The highest BCUT2D eigenvalue weighted by Crippen LogP contribution is 2.32. The van der Waals surface area contributed by atoms with Gasteiger partial charge in [0.05, 0.1) is 11.1 Å². The van der Waals surface area contributed by atoms with Gasteiger partial charge in [-0.25, -0.2) is 0 Å². The molecule has 0 saturated carbocycles. The van der Waals surface area contributed by atoms with Crippen LogP contribution in [0, 0.1) is 5.92 Å². The third-order valence-electron chi connectivity index (χ3n) is 4.15. The predicted octanol–water partition coefficient (Wildman–Crippen LogP) is 3.41. The molecule has 4 nitrogen and oxygen atoms in total. The molecule has 118 valence electrons. The minimum atomic E-state index is 0.0373. The number of hydrogen-bond donors (Lipinski definition) is 1. The summed E-state index contributed by atoms with van der Waals surface area (Å²) >= 11 is 1.66. The number of aryl methyl sites for hydroxylation is 2. The molecule has 1 N–H and O–H groups in total. The van der Waals surface area contributed by atoms with E-state index in [1.54, 1.807) is 11.3 Å². The Morgan fingerprint density at radius 2 is 2.41 bits per heavy atom. The van der Waals surface area contributed by atoms with Gasteiger partial charge in [-0.15, -0.1) is 11.3 Å². The molecule has 0 saturated heterocycles. The molecule has 22 heavy (non-hydrogen) atoms. The van der Waals surface area contributed by atoms with Gasteiger partial charge in [-0.1, -0.05) is 13.8 Å². The number of carbonyl (C=O) groups excluding carboxylic acids is 1. The van der Waals surface area contributed by atoms with Crippen molar-refractivity contribution in [1.29, 1.82) is 0 Å². The van der Waals surface area contributed by atoms with Crippen LogP contribution in [0.3, 0.4) is 0 Å². The fourth-order valence-corrected chi connectivity index (χ4v) is 4.06. The van der Waals surface area contributed by atoms with Gasteiger partial charge in [-0.2, -0.15) is 5.10 Å². The molecule has 0 aromatic carbocycles. The molecule has 1 atom stereocenters. The summed E-state index contributed by atoms with van der Waals surface area (Å²) in [6.45, 7) is 5.88. The van der Waals surface area contributed by atoms with Crippen LogP contribution in [-0.4, -0.2) is 15.7 Å². The normalized spacial score (nSPS) is 17.3. The maximum atomic E-state index is 12.3. The summed E-state index contributed by atoms with van der Waals surface area (Å²) in [5.41, 5.74) is 2.43. The summed E-state index contributed by atoms with van der Waals surface area (Å²) in [6, 6.07) is 2.09. The molecule has 0 unspecified atom stereocenters. The van der Waals surface area contributed by atoms with Crippen molar-refractivity contribution in [1.82, 2.24) is 15.1 Å². The Labute approximate surface area is 135 Å². The van der Waals surface area contributed by atoms with Crippen LogP contribution in [0.4, 0.5) is 0 Å². The monoisotopic (exact) mass is 317 g/mol. The molecule has 1 aliphatic rings. The zero-order chi connectivity index (χ0) is 15.5. The standard InChI is InChI=1S/C17H23N3OS/c1-3-6-20-11-13(10-19-20)9-18-17(21)16-8-14-7-12(2)4-5-15(14)22-16/h8,10-12H,3-7,9H2,1-2H3,(H,18,21)/t12-/m0/s1. The minimum Gasteiger partial charge on any atom is -0.347 e. The molecule has 0 radical (unpaired) electrons. The van der Waals surface area contributed by atoms with Crippen LogP contribution < -0.4 is 5.32 Å². The topological polar surface area (TPSA) is 46.9 Å². The number of amides is 1. The summed E-state index contributed by atoms with van der Waals surface area (Å²) < 4.78 is 1.92. The Morgan fingerprint density at radius 1 is 1.55 bits per heavy atom. The van der Waals surface area contributed by atoms with Crippen LogP contribution in [0.5, 0.6) is 0 Å². The Bertz CT molecular complexity index is 659. The van der Waals surface area contributed by atoms with Crippen molar-refractivity contribution in [2.45, 2.75) is 52.6 Å². The zero-order valence-electron chi connectivity index (χ0n) is 13.3. The van der Waals surface area contributed by atoms with Crippen LogP contribution in [0.25, 0.3) is 0 Å². The Hall–Kier alpha value is -1.62. The van der Waals surface area contributed by atoms with E-state index in [4.69, 9.17) is 0 Å². The number of nitrogens with one attached hydrogen (secondary N) is 1. The molecule has 0 fully saturated rings. The summed E-state index contributed by atoms with van der Waals surface area (Å²) in [6.07, 6.45) is 8.38. The van der Waals surface area contributed by atoms with Crippen molar-refractivity contribution in [2.24, 2.45) is 5.92 Å². The molecule has 1 aliphatic carbocycles. The van der Waals surface area contributed by atoms with Crippen LogP contribution >= 0.6 is 11.3 Å². The molecule has 1 amide bonds. The van der Waals surface area contributed by atoms with Gasteiger partial charge in [0.25, 0.3) is 5.91 Å². The van der Waals surface area contributed by atoms with E-state index in [2.05, 4.69) is 30.3 Å². The largest absolute Gasteiger partial charge is 0.347 e. The first kappa shape index (κ1) is 15.3. The van der Waals surface area contributed by atoms with Gasteiger partial charge >= 0.3 is 0 Å². The van der Waals surface area contributed by atoms with Gasteiger partial charge in [0, 0.05) is 29.7 Å². The number of nitrogens with zero attached hydrogens (tertiary/aromatic N) is 2. The van der Waals surface area contributed by atoms with Crippen LogP contribution in [0.15, 0.2) is 18.5 Å². The van der Waals surface area contributed by atoms with Crippen molar-refractivity contribution in [3.05, 3.63) is 39.3 Å². The van der Waals surface area contributed by atoms with Crippen LogP contribution in [-0.2, 0) is 25.9 Å². The van der Waals surface area contributed by atoms with Crippen LogP contribution in [0.1, 0.15) is 52.4 Å². The van der Waals surface area contributed by atoms with Crippen molar-refractivity contribution < 1.29 is 4.79 Å². The number of fused-ring (bicyclic) bond motifs is 1. The second kappa shape index (κ2) is 6.65. The molecule has 0 aliphatic heterocycles. The Balaban J connectivity index is 1.60. The fraction of sp³-hybridized carbons (Fsp3) is 0.529. The number of thiophene rings is 1. The molecule has 5 heteroatoms. The first-order valence-electron chi connectivity index (χ1n) is 8.06. The quantitative estimate of drug-likeness (QED) is 0.918. The lowest BCUT2D eigenvalue weighted by Gasteiger charge is -2.16. The van der Waals surface area contributed by atoms with Gasteiger partial charge in [0.15, 0.2) is 0 Å². The summed E-state index contributed by atoms with van der Waals surface area (Å²) in [5, 5.41) is 7.30. The maximum Gasteiger partial charge on any atom is 0.261 e. The highest BCUT2D eigenvalue weighted by molar-refractivity contribution is 7.14. The molecule has 0 bridgehead atoms. The van der Waals surface area contributed by atoms with Gasteiger partial charge in [-0.05, 0) is 43.2 Å². The predicted molar refractivity (Wildman–Crippen MR) is 89.2 cm³/mol. The van der Waals surface area contributed by atoms with E-state index in [9.17, 15) is 4.79 Å². The molecule has 2 aromatic rings. The number of rotatable bonds is 5. The first-order chi connectivity index (χ1) is 10.7. The molecule has 2 aromatic heterocycles. The van der Waals surface area contributed by atoms with E-state index in [0.717, 1.165) is 42.2 Å². The van der Waals surface area contributed by atoms with Crippen molar-refractivity contribution >= 4 is 17.2 Å². The zero-order valence-corrected chi connectivity index (χ0v) is 14.1. The highest BCUT2D eigenvalue weighted by Gasteiger charge is 2.20. The lowest BCUT2D eigenvalue weighted by Crippen LogP contribution is -2.21. The van der Waals surface area contributed by atoms with Gasteiger partial charge in [0.2, 0.25) is 0 Å². The van der Waals surface area contributed by atoms with Crippen LogP contribution in [0.2, 0.25) is 0 Å². The van der Waals surface area contributed by atoms with Crippen molar-refractivity contribution in [2.75, 3.05) is 0 Å². The molecular weight excluding hydrogens is 294 g/mol. The van der Waals surface area contributed by atoms with E-state index in [0.29, 0.717) is 6.54 Å². The van der Waals surface area contributed by atoms with E-state index in [1.165, 1.54) is 16.9 Å². The van der Waals surface area contributed by atoms with E-state index < -0.39 is 0 Å². The minimum absolute atomic E-state index is 0.0373. The molecular formula is C17H23N3OS. The van der Waals surface area contributed by atoms with Gasteiger partial charge in [-0.3, -0.25) is 9.48 Å². The van der Waals surface area contributed by atoms with Crippen molar-refractivity contribution in [3.63, 3.8) is 0 Å². The maximum absolute atomic E-state index is 12.3. The second-order valence-corrected chi connectivity index (χ2v) is 7.34. The summed E-state index contributed by atoms with van der Waals surface area (Å²) in [7, 11) is 0. The first-order valence-corrected chi connectivity index (χ1v) is 8.88.